The molecule has 1 heterocycles. The number of thiocarbonyl (C=S) groups is 1. The predicted octanol–water partition coefficient (Wildman–Crippen LogP) is 3.28. The summed E-state index contributed by atoms with van der Waals surface area (Å²) in [5.41, 5.74) is 1.88. The lowest BCUT2D eigenvalue weighted by molar-refractivity contribution is -0.128. The third-order valence-corrected chi connectivity index (χ3v) is 6.05. The summed E-state index contributed by atoms with van der Waals surface area (Å²) in [6, 6.07) is 7.61. The molecule has 0 bridgehead atoms. The Hall–Kier alpha value is -1.44. The average Bonchev–Trinajstić information content (AvgIpc) is 2.87. The lowest BCUT2D eigenvalue weighted by Crippen LogP contribution is -2.35. The summed E-state index contributed by atoms with van der Waals surface area (Å²) in [7, 11) is 0. The molecule has 7 heteroatoms. The minimum atomic E-state index is -0.415. The fourth-order valence-electron chi connectivity index (χ4n) is 2.84. The molecule has 1 saturated heterocycles. The normalized spacial score (nSPS) is 17.2. The Kier molecular flexibility index (Phi) is 8.06. The molecule has 1 aliphatic rings. The lowest BCUT2D eigenvalue weighted by atomic mass is 10.2. The largest absolute Gasteiger partial charge is 0.326 e. The highest BCUT2D eigenvalue weighted by atomic mass is 32.2. The van der Waals surface area contributed by atoms with E-state index in [-0.39, 0.29) is 18.2 Å². The summed E-state index contributed by atoms with van der Waals surface area (Å²) in [4.78, 5) is 28.8. The van der Waals surface area contributed by atoms with Crippen molar-refractivity contribution < 1.29 is 9.59 Å². The average molecular weight is 394 g/mol. The van der Waals surface area contributed by atoms with Gasteiger partial charge in [-0.1, -0.05) is 55.5 Å². The number of nitrogens with zero attached hydrogens (tertiary/aromatic N) is 2. The first kappa shape index (κ1) is 20.9. The van der Waals surface area contributed by atoms with Crippen LogP contribution in [0.4, 0.5) is 5.69 Å². The minimum Gasteiger partial charge on any atom is -0.326 e. The van der Waals surface area contributed by atoms with Crippen LogP contribution in [0.15, 0.2) is 24.3 Å². The first-order valence-corrected chi connectivity index (χ1v) is 10.3. The van der Waals surface area contributed by atoms with Crippen LogP contribution in [0.3, 0.4) is 0 Å². The van der Waals surface area contributed by atoms with Gasteiger partial charge in [-0.05, 0) is 45.1 Å². The molecule has 1 aromatic rings. The summed E-state index contributed by atoms with van der Waals surface area (Å²) >= 11 is 6.68. The molecule has 0 aromatic heterocycles. The van der Waals surface area contributed by atoms with Gasteiger partial charge in [-0.3, -0.25) is 14.5 Å². The number of benzene rings is 1. The van der Waals surface area contributed by atoms with E-state index in [9.17, 15) is 9.59 Å². The van der Waals surface area contributed by atoms with E-state index < -0.39 is 5.25 Å². The van der Waals surface area contributed by atoms with Crippen LogP contribution in [0.2, 0.25) is 0 Å². The number of carbonyl (C=O) groups excluding carboxylic acids is 2. The molecule has 1 aromatic carbocycles. The quantitative estimate of drug-likeness (QED) is 0.653. The Morgan fingerprint density at radius 3 is 2.54 bits per heavy atom. The van der Waals surface area contributed by atoms with Gasteiger partial charge >= 0.3 is 0 Å². The molecule has 0 radical (unpaired) electrons. The monoisotopic (exact) mass is 393 g/mol. The van der Waals surface area contributed by atoms with E-state index in [0.717, 1.165) is 37.3 Å². The van der Waals surface area contributed by atoms with Gasteiger partial charge in [0, 0.05) is 18.7 Å². The van der Waals surface area contributed by atoms with Crippen LogP contribution in [-0.2, 0) is 9.59 Å². The number of hydrogen-bond donors (Lipinski definition) is 1. The van der Waals surface area contributed by atoms with Crippen LogP contribution in [-0.4, -0.2) is 57.4 Å². The van der Waals surface area contributed by atoms with Gasteiger partial charge in [0.05, 0.1) is 5.25 Å². The maximum atomic E-state index is 12.6. The van der Waals surface area contributed by atoms with Gasteiger partial charge in [-0.25, -0.2) is 0 Å². The minimum absolute atomic E-state index is 0.0430. The first-order valence-electron chi connectivity index (χ1n) is 9.05. The zero-order valence-corrected chi connectivity index (χ0v) is 17.3. The third-order valence-electron chi connectivity index (χ3n) is 4.46. The van der Waals surface area contributed by atoms with Crippen LogP contribution in [0.1, 0.15) is 32.3 Å². The zero-order chi connectivity index (χ0) is 19.1. The molecular weight excluding hydrogens is 366 g/mol. The third kappa shape index (κ3) is 5.79. The van der Waals surface area contributed by atoms with Crippen molar-refractivity contribution in [2.24, 2.45) is 0 Å². The van der Waals surface area contributed by atoms with Crippen molar-refractivity contribution in [1.82, 2.24) is 9.80 Å². The van der Waals surface area contributed by atoms with Gasteiger partial charge < -0.3 is 10.2 Å². The highest BCUT2D eigenvalue weighted by molar-refractivity contribution is 8.24. The Morgan fingerprint density at radius 2 is 1.92 bits per heavy atom. The molecule has 0 aliphatic carbocycles. The summed E-state index contributed by atoms with van der Waals surface area (Å²) in [6.45, 7) is 9.84. The summed E-state index contributed by atoms with van der Waals surface area (Å²) in [5.74, 6) is -0.203. The Morgan fingerprint density at radius 1 is 1.27 bits per heavy atom. The van der Waals surface area contributed by atoms with Crippen molar-refractivity contribution in [3.8, 4) is 0 Å². The van der Waals surface area contributed by atoms with Gasteiger partial charge in [0.2, 0.25) is 11.8 Å². The van der Waals surface area contributed by atoms with Crippen LogP contribution in [0, 0.1) is 6.92 Å². The lowest BCUT2D eigenvalue weighted by Gasteiger charge is -2.20. The zero-order valence-electron chi connectivity index (χ0n) is 15.7. The SMILES string of the molecule is CCN(CC)CCCN1C(=O)C(CC(=O)Nc2ccc(C)cc2)SC1=S. The Bertz CT molecular complexity index is 645. The second-order valence-corrected chi connectivity index (χ2v) is 8.20. The second-order valence-electron chi connectivity index (χ2n) is 6.36. The van der Waals surface area contributed by atoms with Crippen molar-refractivity contribution in [3.63, 3.8) is 0 Å². The van der Waals surface area contributed by atoms with Gasteiger partial charge in [0.25, 0.3) is 0 Å². The van der Waals surface area contributed by atoms with E-state index >= 15 is 0 Å². The fraction of sp³-hybridized carbons (Fsp3) is 0.526. The molecule has 0 saturated carbocycles. The molecule has 1 atom stereocenters. The van der Waals surface area contributed by atoms with E-state index in [1.165, 1.54) is 11.8 Å². The summed E-state index contributed by atoms with van der Waals surface area (Å²) in [5, 5.41) is 2.43. The number of anilines is 1. The fourth-order valence-corrected chi connectivity index (χ4v) is 4.38. The molecule has 1 aliphatic heterocycles. The number of nitrogens with one attached hydrogen (secondary N) is 1. The van der Waals surface area contributed by atoms with E-state index in [0.29, 0.717) is 10.9 Å². The molecule has 2 rings (SSSR count). The van der Waals surface area contributed by atoms with E-state index in [1.54, 1.807) is 4.90 Å². The molecule has 1 fully saturated rings. The summed E-state index contributed by atoms with van der Waals surface area (Å²) < 4.78 is 0.586. The maximum absolute atomic E-state index is 12.6. The molecule has 2 amide bonds. The smallest absolute Gasteiger partial charge is 0.242 e. The van der Waals surface area contributed by atoms with Crippen LogP contribution >= 0.6 is 24.0 Å². The highest BCUT2D eigenvalue weighted by Crippen LogP contribution is 2.30. The predicted molar refractivity (Wildman–Crippen MR) is 113 cm³/mol. The van der Waals surface area contributed by atoms with Crippen molar-refractivity contribution in [1.29, 1.82) is 0 Å². The van der Waals surface area contributed by atoms with Crippen molar-refractivity contribution >= 4 is 45.8 Å². The highest BCUT2D eigenvalue weighted by Gasteiger charge is 2.37. The Balaban J connectivity index is 1.83. The number of amides is 2. The Labute approximate surface area is 165 Å². The van der Waals surface area contributed by atoms with Gasteiger partial charge in [-0.15, -0.1) is 0 Å². The van der Waals surface area contributed by atoms with Crippen molar-refractivity contribution in [3.05, 3.63) is 29.8 Å². The van der Waals surface area contributed by atoms with Crippen molar-refractivity contribution in [2.45, 2.75) is 38.9 Å². The van der Waals surface area contributed by atoms with E-state index in [1.807, 2.05) is 31.2 Å². The number of aryl methyl sites for hydroxylation is 1. The summed E-state index contributed by atoms with van der Waals surface area (Å²) in [6.07, 6.45) is 1.03. The molecule has 1 unspecified atom stereocenters. The first-order chi connectivity index (χ1) is 12.4. The van der Waals surface area contributed by atoms with E-state index in [2.05, 4.69) is 24.1 Å². The molecule has 142 valence electrons. The molecule has 5 nitrogen and oxygen atoms in total. The van der Waals surface area contributed by atoms with Crippen LogP contribution < -0.4 is 5.32 Å². The van der Waals surface area contributed by atoms with E-state index in [4.69, 9.17) is 12.2 Å². The second kappa shape index (κ2) is 10.0. The van der Waals surface area contributed by atoms with Crippen molar-refractivity contribution in [2.75, 3.05) is 31.5 Å². The standard InChI is InChI=1S/C19H27N3O2S2/c1-4-21(5-2)11-6-12-22-18(24)16(26-19(22)25)13-17(23)20-15-9-7-14(3)8-10-15/h7-10,16H,4-6,11-13H2,1-3H3,(H,20,23). The number of carbonyl (C=O) groups is 2. The number of thioether (sulfide) groups is 1. The number of hydrogen-bond acceptors (Lipinski definition) is 5. The topological polar surface area (TPSA) is 52.7 Å². The molecule has 1 N–H and O–H groups in total. The molecule has 26 heavy (non-hydrogen) atoms. The van der Waals surface area contributed by atoms with Gasteiger partial charge in [0.15, 0.2) is 0 Å². The van der Waals surface area contributed by atoms with Crippen LogP contribution in [0.25, 0.3) is 0 Å². The number of rotatable bonds is 9. The van der Waals surface area contributed by atoms with Gasteiger partial charge in [0.1, 0.15) is 4.32 Å². The molecule has 0 spiro atoms. The maximum Gasteiger partial charge on any atom is 0.242 e. The van der Waals surface area contributed by atoms with Gasteiger partial charge in [-0.2, -0.15) is 0 Å². The molecular formula is C19H27N3O2S2. The van der Waals surface area contributed by atoms with Crippen LogP contribution in [0.5, 0.6) is 0 Å².